The lowest BCUT2D eigenvalue weighted by atomic mass is 9.92. The van der Waals surface area contributed by atoms with Gasteiger partial charge in [0.05, 0.1) is 43.2 Å². The van der Waals surface area contributed by atoms with Crippen LogP contribution >= 0.6 is 11.6 Å². The molecule has 3 rings (SSSR count). The van der Waals surface area contributed by atoms with Gasteiger partial charge in [0.15, 0.2) is 11.5 Å². The normalized spacial score (nSPS) is 16.0. The van der Waals surface area contributed by atoms with E-state index in [9.17, 15) is 9.59 Å². The second-order valence-electron chi connectivity index (χ2n) is 6.14. The molecule has 2 aromatic rings. The van der Waals surface area contributed by atoms with Gasteiger partial charge in [-0.15, -0.1) is 0 Å². The fourth-order valence-electron chi connectivity index (χ4n) is 3.18. The van der Waals surface area contributed by atoms with Gasteiger partial charge in [0.1, 0.15) is 0 Å². The molecule has 0 aromatic heterocycles. The Morgan fingerprint density at radius 2 is 1.86 bits per heavy atom. The van der Waals surface area contributed by atoms with E-state index in [1.807, 2.05) is 18.2 Å². The number of nitrogens with one attached hydrogen (secondary N) is 2. The van der Waals surface area contributed by atoms with E-state index in [4.69, 9.17) is 25.8 Å². The predicted octanol–water partition coefficient (Wildman–Crippen LogP) is 3.69. The number of esters is 1. The van der Waals surface area contributed by atoms with Gasteiger partial charge < -0.3 is 24.8 Å². The van der Waals surface area contributed by atoms with Crippen LogP contribution in [0, 0.1) is 0 Å². The van der Waals surface area contributed by atoms with Gasteiger partial charge in [-0.3, -0.25) is 0 Å². The minimum Gasteiger partial charge on any atom is -0.493 e. The lowest BCUT2D eigenvalue weighted by molar-refractivity contribution is -0.138. The third-order valence-electron chi connectivity index (χ3n) is 4.42. The van der Waals surface area contributed by atoms with Crippen molar-refractivity contribution in [1.82, 2.24) is 10.6 Å². The summed E-state index contributed by atoms with van der Waals surface area (Å²) in [5, 5.41) is 5.79. The Bertz CT molecular complexity index is 959. The van der Waals surface area contributed by atoms with Crippen molar-refractivity contribution in [1.29, 1.82) is 0 Å². The van der Waals surface area contributed by atoms with Crippen LogP contribution in [0.1, 0.15) is 24.1 Å². The fraction of sp³-hybridized carbons (Fsp3) is 0.238. The van der Waals surface area contributed by atoms with Gasteiger partial charge in [0.2, 0.25) is 0 Å². The number of hydrogen-bond donors (Lipinski definition) is 2. The maximum atomic E-state index is 12.9. The maximum absolute atomic E-state index is 12.9. The zero-order valence-corrected chi connectivity index (χ0v) is 17.0. The largest absolute Gasteiger partial charge is 0.493 e. The highest BCUT2D eigenvalue weighted by Crippen LogP contribution is 2.40. The third kappa shape index (κ3) is 4.14. The van der Waals surface area contributed by atoms with E-state index in [1.165, 1.54) is 14.2 Å². The van der Waals surface area contributed by atoms with Gasteiger partial charge in [-0.05, 0) is 30.2 Å². The van der Waals surface area contributed by atoms with E-state index >= 15 is 0 Å². The Morgan fingerprint density at radius 3 is 2.48 bits per heavy atom. The predicted molar refractivity (Wildman–Crippen MR) is 109 cm³/mol. The minimum atomic E-state index is -0.796. The quantitative estimate of drug-likeness (QED) is 0.701. The number of hydrogen-bond acceptors (Lipinski definition) is 5. The summed E-state index contributed by atoms with van der Waals surface area (Å²) in [4.78, 5) is 25.3. The topological polar surface area (TPSA) is 85.9 Å². The first kappa shape index (κ1) is 20.5. The van der Waals surface area contributed by atoms with Gasteiger partial charge >= 0.3 is 12.0 Å². The molecular formula is C21H21ClN2O5. The van der Waals surface area contributed by atoms with Crippen molar-refractivity contribution in [2.75, 3.05) is 20.8 Å². The van der Waals surface area contributed by atoms with Crippen LogP contribution in [0.3, 0.4) is 0 Å². The summed E-state index contributed by atoms with van der Waals surface area (Å²) < 4.78 is 15.9. The van der Waals surface area contributed by atoms with Gasteiger partial charge in [0, 0.05) is 0 Å². The molecule has 0 fully saturated rings. The lowest BCUT2D eigenvalue weighted by Gasteiger charge is -2.30. The first-order valence-electron chi connectivity index (χ1n) is 8.95. The first-order chi connectivity index (χ1) is 14.0. The van der Waals surface area contributed by atoms with Crippen molar-refractivity contribution < 1.29 is 23.8 Å². The van der Waals surface area contributed by atoms with Crippen LogP contribution in [0.4, 0.5) is 4.79 Å². The third-order valence-corrected chi connectivity index (χ3v) is 4.70. The Kier molecular flexibility index (Phi) is 6.29. The number of carbonyl (C=O) groups excluding carboxylic acids is 2. The number of ether oxygens (including phenoxy) is 3. The summed E-state index contributed by atoms with van der Waals surface area (Å²) in [7, 11) is 2.96. The molecule has 0 bridgehead atoms. The molecule has 1 aliphatic rings. The Labute approximate surface area is 173 Å². The number of benzene rings is 2. The average molecular weight is 417 g/mol. The van der Waals surface area contributed by atoms with Crippen molar-refractivity contribution in [2.24, 2.45) is 0 Å². The molecule has 2 amide bonds. The zero-order chi connectivity index (χ0) is 21.0. The summed E-state index contributed by atoms with van der Waals surface area (Å²) in [6, 6.07) is 11.1. The second kappa shape index (κ2) is 8.87. The van der Waals surface area contributed by atoms with Crippen molar-refractivity contribution in [3.05, 3.63) is 64.2 Å². The van der Waals surface area contributed by atoms with E-state index in [0.717, 1.165) is 0 Å². The average Bonchev–Trinajstić information content (AvgIpc) is 2.73. The molecule has 1 atom stereocenters. The smallest absolute Gasteiger partial charge is 0.338 e. The zero-order valence-electron chi connectivity index (χ0n) is 16.2. The molecule has 2 aromatic carbocycles. The molecule has 29 heavy (non-hydrogen) atoms. The second-order valence-corrected chi connectivity index (χ2v) is 6.55. The molecule has 8 heteroatoms. The van der Waals surface area contributed by atoms with E-state index < -0.39 is 18.0 Å². The summed E-state index contributed by atoms with van der Waals surface area (Å²) in [6.45, 7) is 1.91. The van der Waals surface area contributed by atoms with Crippen molar-refractivity contribution >= 4 is 29.3 Å². The molecular weight excluding hydrogens is 396 g/mol. The molecule has 1 unspecified atom stereocenters. The monoisotopic (exact) mass is 416 g/mol. The molecule has 0 aliphatic carbocycles. The van der Waals surface area contributed by atoms with Crippen LogP contribution in [0.15, 0.2) is 48.0 Å². The van der Waals surface area contributed by atoms with Crippen molar-refractivity contribution in [3.8, 4) is 11.5 Å². The highest BCUT2D eigenvalue weighted by molar-refractivity contribution is 6.32. The minimum absolute atomic E-state index is 0.192. The molecule has 2 N–H and O–H groups in total. The molecule has 0 spiro atoms. The Balaban J connectivity index is 2.22. The fourth-order valence-corrected chi connectivity index (χ4v) is 3.48. The SMILES string of the molecule is CCOC(=O)C1=C(c2ccccc2)NC(=O)NC1c1cc(Cl)c(OC)c(OC)c1. The van der Waals surface area contributed by atoms with E-state index in [1.54, 1.807) is 31.2 Å². The number of carbonyl (C=O) groups is 2. The Morgan fingerprint density at radius 1 is 1.14 bits per heavy atom. The molecule has 1 aliphatic heterocycles. The number of halogens is 1. The summed E-state index contributed by atoms with van der Waals surface area (Å²) in [5.74, 6) is 0.199. The van der Waals surface area contributed by atoms with Gasteiger partial charge in [-0.25, -0.2) is 9.59 Å². The maximum Gasteiger partial charge on any atom is 0.338 e. The summed E-state index contributed by atoms with van der Waals surface area (Å²) in [5.41, 5.74) is 1.88. The van der Waals surface area contributed by atoms with Crippen LogP contribution < -0.4 is 20.1 Å². The summed E-state index contributed by atoms with van der Waals surface area (Å²) >= 11 is 6.35. The van der Waals surface area contributed by atoms with Gasteiger partial charge in [0.25, 0.3) is 0 Å². The van der Waals surface area contributed by atoms with Crippen LogP contribution in [-0.4, -0.2) is 32.8 Å². The number of urea groups is 1. The van der Waals surface area contributed by atoms with Crippen LogP contribution in [0.2, 0.25) is 5.02 Å². The van der Waals surface area contributed by atoms with Crippen LogP contribution in [0.5, 0.6) is 11.5 Å². The molecule has 0 radical (unpaired) electrons. The van der Waals surface area contributed by atoms with E-state index in [2.05, 4.69) is 10.6 Å². The van der Waals surface area contributed by atoms with Crippen LogP contribution in [-0.2, 0) is 9.53 Å². The van der Waals surface area contributed by atoms with E-state index in [0.29, 0.717) is 33.3 Å². The Hall–Kier alpha value is -3.19. The lowest BCUT2D eigenvalue weighted by Crippen LogP contribution is -2.45. The number of amides is 2. The van der Waals surface area contributed by atoms with E-state index in [-0.39, 0.29) is 12.2 Å². The molecule has 0 saturated carbocycles. The molecule has 0 saturated heterocycles. The van der Waals surface area contributed by atoms with Crippen molar-refractivity contribution in [2.45, 2.75) is 13.0 Å². The number of rotatable bonds is 6. The van der Waals surface area contributed by atoms with Gasteiger partial charge in [-0.2, -0.15) is 0 Å². The molecule has 152 valence electrons. The van der Waals surface area contributed by atoms with Crippen LogP contribution in [0.25, 0.3) is 5.70 Å². The highest BCUT2D eigenvalue weighted by atomic mass is 35.5. The van der Waals surface area contributed by atoms with Gasteiger partial charge in [-0.1, -0.05) is 41.9 Å². The number of methoxy groups -OCH3 is 2. The summed E-state index contributed by atoms with van der Waals surface area (Å²) in [6.07, 6.45) is 0. The molecule has 7 nitrogen and oxygen atoms in total. The first-order valence-corrected chi connectivity index (χ1v) is 9.33. The standard InChI is InChI=1S/C21H21ClN2O5/c1-4-29-20(25)16-17(12-8-6-5-7-9-12)23-21(26)24-18(16)13-10-14(22)19(28-3)15(11-13)27-2/h5-11,18H,4H2,1-3H3,(H2,23,24,26). The highest BCUT2D eigenvalue weighted by Gasteiger charge is 2.35. The molecule has 1 heterocycles. The van der Waals surface area contributed by atoms with Crippen molar-refractivity contribution in [3.63, 3.8) is 0 Å².